The highest BCUT2D eigenvalue weighted by Gasteiger charge is 2.08. The summed E-state index contributed by atoms with van der Waals surface area (Å²) in [5.74, 6) is -0.148. The molecule has 0 fully saturated rings. The minimum Gasteiger partial charge on any atom is -0.497 e. The van der Waals surface area contributed by atoms with Crippen LogP contribution in [-0.2, 0) is 4.79 Å². The maximum atomic E-state index is 10.5. The van der Waals surface area contributed by atoms with Crippen LogP contribution in [-0.4, -0.2) is 31.3 Å². The van der Waals surface area contributed by atoms with Gasteiger partial charge in [0.05, 0.1) is 19.6 Å². The molecule has 0 heterocycles. The molecule has 0 unspecified atom stereocenters. The fourth-order valence-corrected chi connectivity index (χ4v) is 1.41. The second-order valence-corrected chi connectivity index (χ2v) is 3.42. The van der Waals surface area contributed by atoms with Gasteiger partial charge in [0.2, 0.25) is 0 Å². The average Bonchev–Trinajstić information content (AvgIpc) is 2.34. The van der Waals surface area contributed by atoms with E-state index in [2.05, 4.69) is 0 Å². The number of hydrogen-bond donors (Lipinski definition) is 1. The molecule has 0 saturated heterocycles. The van der Waals surface area contributed by atoms with Gasteiger partial charge in [-0.05, 0) is 24.3 Å². The zero-order chi connectivity index (χ0) is 12.7. The van der Waals surface area contributed by atoms with Crippen molar-refractivity contribution in [2.75, 3.05) is 25.1 Å². The molecule has 1 N–H and O–H groups in total. The lowest BCUT2D eigenvalue weighted by Gasteiger charge is -2.20. The van der Waals surface area contributed by atoms with E-state index in [1.54, 1.807) is 36.3 Å². The van der Waals surface area contributed by atoms with E-state index >= 15 is 0 Å². The third kappa shape index (κ3) is 4.03. The standard InChI is InChI=1S/C12H14N2O3/c1-17-11-4-2-10(3-5-11)14(9-7-13)8-6-12(15)16/h2-5H,6,8-9H2,1H3,(H,15,16). The second-order valence-electron chi connectivity index (χ2n) is 3.42. The third-order valence-corrected chi connectivity index (χ3v) is 2.29. The quantitative estimate of drug-likeness (QED) is 0.755. The number of carbonyl (C=O) groups is 1. The molecule has 0 atom stereocenters. The van der Waals surface area contributed by atoms with Gasteiger partial charge in [-0.3, -0.25) is 4.79 Å². The largest absolute Gasteiger partial charge is 0.497 e. The predicted octanol–water partition coefficient (Wildman–Crippen LogP) is 1.50. The maximum absolute atomic E-state index is 10.5. The molecule has 0 aromatic heterocycles. The molecule has 1 rings (SSSR count). The Morgan fingerprint density at radius 1 is 1.47 bits per heavy atom. The Morgan fingerprint density at radius 3 is 2.59 bits per heavy atom. The van der Waals surface area contributed by atoms with Crippen LogP contribution in [0.4, 0.5) is 5.69 Å². The summed E-state index contributed by atoms with van der Waals surface area (Å²) in [6, 6.07) is 9.18. The van der Waals surface area contributed by atoms with Crippen LogP contribution in [0.15, 0.2) is 24.3 Å². The lowest BCUT2D eigenvalue weighted by Crippen LogP contribution is -2.26. The summed E-state index contributed by atoms with van der Waals surface area (Å²) in [6.07, 6.45) is 0.00765. The molecule has 17 heavy (non-hydrogen) atoms. The van der Waals surface area contributed by atoms with Crippen LogP contribution in [0.25, 0.3) is 0 Å². The number of anilines is 1. The Bertz CT molecular complexity index is 409. The molecule has 1 aromatic carbocycles. The Balaban J connectivity index is 2.74. The highest BCUT2D eigenvalue weighted by atomic mass is 16.5. The van der Waals surface area contributed by atoms with Crippen LogP contribution in [0.5, 0.6) is 5.75 Å². The summed E-state index contributed by atoms with van der Waals surface area (Å²) in [4.78, 5) is 12.2. The van der Waals surface area contributed by atoms with Gasteiger partial charge in [-0.1, -0.05) is 0 Å². The molecular formula is C12H14N2O3. The monoisotopic (exact) mass is 234 g/mol. The van der Waals surface area contributed by atoms with Crippen molar-refractivity contribution in [2.24, 2.45) is 0 Å². The van der Waals surface area contributed by atoms with Gasteiger partial charge in [0.15, 0.2) is 0 Å². The van der Waals surface area contributed by atoms with Crippen LogP contribution >= 0.6 is 0 Å². The van der Waals surface area contributed by atoms with Crippen molar-refractivity contribution in [3.63, 3.8) is 0 Å². The summed E-state index contributed by atoms with van der Waals surface area (Å²) in [6.45, 7) is 0.481. The van der Waals surface area contributed by atoms with Crippen molar-refractivity contribution < 1.29 is 14.6 Å². The van der Waals surface area contributed by atoms with Crippen molar-refractivity contribution in [1.82, 2.24) is 0 Å². The Kier molecular flexibility index (Phi) is 4.82. The van der Waals surface area contributed by atoms with Gasteiger partial charge in [-0.25, -0.2) is 0 Å². The molecule has 0 bridgehead atoms. The third-order valence-electron chi connectivity index (χ3n) is 2.29. The lowest BCUT2D eigenvalue weighted by atomic mass is 10.2. The number of methoxy groups -OCH3 is 1. The molecule has 0 aliphatic rings. The second kappa shape index (κ2) is 6.38. The van der Waals surface area contributed by atoms with Gasteiger partial charge in [-0.2, -0.15) is 5.26 Å². The molecular weight excluding hydrogens is 220 g/mol. The van der Waals surface area contributed by atoms with E-state index < -0.39 is 5.97 Å². The van der Waals surface area contributed by atoms with E-state index in [1.807, 2.05) is 6.07 Å². The predicted molar refractivity (Wildman–Crippen MR) is 63.1 cm³/mol. The summed E-state index contributed by atoms with van der Waals surface area (Å²) < 4.78 is 5.03. The average molecular weight is 234 g/mol. The molecule has 0 radical (unpaired) electrons. The van der Waals surface area contributed by atoms with E-state index in [0.717, 1.165) is 11.4 Å². The van der Waals surface area contributed by atoms with Crippen LogP contribution in [0.1, 0.15) is 6.42 Å². The van der Waals surface area contributed by atoms with Crippen LogP contribution < -0.4 is 9.64 Å². The Hall–Kier alpha value is -2.22. The number of ether oxygens (including phenoxy) is 1. The van der Waals surface area contributed by atoms with Gasteiger partial charge < -0.3 is 14.7 Å². The number of carboxylic acid groups (broad SMARTS) is 1. The first-order valence-electron chi connectivity index (χ1n) is 5.15. The van der Waals surface area contributed by atoms with Crippen molar-refractivity contribution in [3.8, 4) is 11.8 Å². The number of nitrogens with zero attached hydrogens (tertiary/aromatic N) is 2. The van der Waals surface area contributed by atoms with E-state index in [0.29, 0.717) is 6.54 Å². The number of rotatable bonds is 6. The topological polar surface area (TPSA) is 73.6 Å². The highest BCUT2D eigenvalue weighted by molar-refractivity contribution is 5.67. The molecule has 0 spiro atoms. The van der Waals surface area contributed by atoms with Crippen molar-refractivity contribution in [3.05, 3.63) is 24.3 Å². The minimum absolute atomic E-state index is 0.00765. The number of carboxylic acids is 1. The van der Waals surface area contributed by atoms with Crippen LogP contribution in [0.3, 0.4) is 0 Å². The number of hydrogen-bond acceptors (Lipinski definition) is 4. The molecule has 0 aliphatic heterocycles. The Labute approximate surface area is 99.8 Å². The van der Waals surface area contributed by atoms with Crippen LogP contribution in [0.2, 0.25) is 0 Å². The minimum atomic E-state index is -0.874. The van der Waals surface area contributed by atoms with Gasteiger partial charge >= 0.3 is 5.97 Å². The van der Waals surface area contributed by atoms with Gasteiger partial charge in [0.1, 0.15) is 12.3 Å². The first-order chi connectivity index (χ1) is 8.17. The summed E-state index contributed by atoms with van der Waals surface area (Å²) in [7, 11) is 1.58. The molecule has 1 aromatic rings. The zero-order valence-corrected chi connectivity index (χ0v) is 9.59. The van der Waals surface area contributed by atoms with Gasteiger partial charge in [0, 0.05) is 12.2 Å². The molecule has 90 valence electrons. The lowest BCUT2D eigenvalue weighted by molar-refractivity contribution is -0.136. The summed E-state index contributed by atoms with van der Waals surface area (Å²) in [5, 5.41) is 17.3. The number of aliphatic carboxylic acids is 1. The fraction of sp³-hybridized carbons (Fsp3) is 0.333. The van der Waals surface area contributed by atoms with Crippen molar-refractivity contribution in [2.45, 2.75) is 6.42 Å². The smallest absolute Gasteiger partial charge is 0.305 e. The Morgan fingerprint density at radius 2 is 2.12 bits per heavy atom. The van der Waals surface area contributed by atoms with E-state index in [-0.39, 0.29) is 13.0 Å². The SMILES string of the molecule is COc1ccc(N(CC#N)CCC(=O)O)cc1. The molecule has 0 amide bonds. The zero-order valence-electron chi connectivity index (χ0n) is 9.59. The highest BCUT2D eigenvalue weighted by Crippen LogP contribution is 2.19. The molecule has 5 heteroatoms. The normalized spacial score (nSPS) is 9.41. The summed E-state index contributed by atoms with van der Waals surface area (Å²) >= 11 is 0. The first kappa shape index (κ1) is 12.8. The van der Waals surface area contributed by atoms with E-state index in [4.69, 9.17) is 15.1 Å². The number of benzene rings is 1. The van der Waals surface area contributed by atoms with Crippen molar-refractivity contribution >= 4 is 11.7 Å². The molecule has 0 aliphatic carbocycles. The maximum Gasteiger partial charge on any atom is 0.305 e. The summed E-state index contributed by atoms with van der Waals surface area (Å²) in [5.41, 5.74) is 0.814. The number of nitriles is 1. The van der Waals surface area contributed by atoms with E-state index in [9.17, 15) is 4.79 Å². The van der Waals surface area contributed by atoms with E-state index in [1.165, 1.54) is 0 Å². The first-order valence-corrected chi connectivity index (χ1v) is 5.15. The van der Waals surface area contributed by atoms with Gasteiger partial charge in [0.25, 0.3) is 0 Å². The molecule has 0 saturated carbocycles. The van der Waals surface area contributed by atoms with Crippen LogP contribution in [0, 0.1) is 11.3 Å². The van der Waals surface area contributed by atoms with Gasteiger partial charge in [-0.15, -0.1) is 0 Å². The fourth-order valence-electron chi connectivity index (χ4n) is 1.41. The van der Waals surface area contributed by atoms with Crippen molar-refractivity contribution in [1.29, 1.82) is 5.26 Å². The molecule has 5 nitrogen and oxygen atoms in total.